The van der Waals surface area contributed by atoms with Gasteiger partial charge in [0.15, 0.2) is 5.65 Å². The summed E-state index contributed by atoms with van der Waals surface area (Å²) in [7, 11) is 7.28. The summed E-state index contributed by atoms with van der Waals surface area (Å²) >= 11 is 0. The number of carbonyl (C=O) groups is 2. The van der Waals surface area contributed by atoms with Crippen LogP contribution in [0.2, 0.25) is 0 Å². The molecule has 0 saturated carbocycles. The number of aromatic nitrogens is 5. The first-order valence-corrected chi connectivity index (χ1v) is 14.9. The standard InChI is InChI=1S/C31H42N10O3/c1-6-15-32-27-22(20-35-31(37-27)36-23-19-24-28(34-21-23)40(4)38-30(24)44-5)12-8-7-9-16-33-29(43)25-13-10-18-41(25)26(42)14-11-17-39(2)3/h11,14,19-21,25H,6-7,9-10,13,15-18H2,1-5H3,(H,33,43)(H2,32,35,36,37)/t25-/m0/s1. The summed E-state index contributed by atoms with van der Waals surface area (Å²) < 4.78 is 7.03. The van der Waals surface area contributed by atoms with Crippen molar-refractivity contribution >= 4 is 40.3 Å². The minimum absolute atomic E-state index is 0.108. The summed E-state index contributed by atoms with van der Waals surface area (Å²) in [6.45, 7) is 4.59. The van der Waals surface area contributed by atoms with Crippen LogP contribution in [-0.4, -0.2) is 99.8 Å². The van der Waals surface area contributed by atoms with E-state index < -0.39 is 6.04 Å². The van der Waals surface area contributed by atoms with Gasteiger partial charge in [0.2, 0.25) is 23.6 Å². The van der Waals surface area contributed by atoms with Gasteiger partial charge in [-0.25, -0.2) is 14.6 Å². The molecule has 1 aliphatic heterocycles. The summed E-state index contributed by atoms with van der Waals surface area (Å²) in [5, 5.41) is 14.6. The van der Waals surface area contributed by atoms with Crippen molar-refractivity contribution in [3.8, 4) is 17.7 Å². The fourth-order valence-electron chi connectivity index (χ4n) is 4.80. The lowest BCUT2D eigenvalue weighted by Crippen LogP contribution is -2.45. The third-order valence-corrected chi connectivity index (χ3v) is 7.00. The molecule has 3 aromatic heterocycles. The van der Waals surface area contributed by atoms with Gasteiger partial charge in [-0.3, -0.25) is 9.59 Å². The zero-order valence-electron chi connectivity index (χ0n) is 26.2. The summed E-state index contributed by atoms with van der Waals surface area (Å²) in [6, 6.07) is 1.48. The molecule has 3 aromatic rings. The Labute approximate surface area is 258 Å². The lowest BCUT2D eigenvalue weighted by Gasteiger charge is -2.22. The zero-order chi connectivity index (χ0) is 31.5. The Bertz CT molecular complexity index is 1540. The van der Waals surface area contributed by atoms with Crippen molar-refractivity contribution in [1.82, 2.24) is 39.8 Å². The molecule has 1 fully saturated rings. The van der Waals surface area contributed by atoms with Crippen LogP contribution in [0.25, 0.3) is 11.0 Å². The van der Waals surface area contributed by atoms with Crippen molar-refractivity contribution in [3.05, 3.63) is 36.2 Å². The van der Waals surface area contributed by atoms with Gasteiger partial charge in [-0.2, -0.15) is 4.98 Å². The van der Waals surface area contributed by atoms with Crippen LogP contribution in [0.4, 0.5) is 17.5 Å². The van der Waals surface area contributed by atoms with Crippen molar-refractivity contribution in [1.29, 1.82) is 0 Å². The minimum Gasteiger partial charge on any atom is -0.479 e. The maximum atomic E-state index is 12.8. The topological polar surface area (TPSA) is 142 Å². The Kier molecular flexibility index (Phi) is 11.5. The van der Waals surface area contributed by atoms with E-state index in [1.165, 1.54) is 0 Å². The number of fused-ring (bicyclic) bond motifs is 1. The number of rotatable bonds is 13. The van der Waals surface area contributed by atoms with Gasteiger partial charge in [-0.1, -0.05) is 24.8 Å². The van der Waals surface area contributed by atoms with Gasteiger partial charge in [0.05, 0.1) is 36.1 Å². The van der Waals surface area contributed by atoms with E-state index in [1.807, 2.05) is 38.2 Å². The van der Waals surface area contributed by atoms with Crippen molar-refractivity contribution in [2.75, 3.05) is 58.0 Å². The highest BCUT2D eigenvalue weighted by Gasteiger charge is 2.32. The fourth-order valence-corrected chi connectivity index (χ4v) is 4.80. The predicted octanol–water partition coefficient (Wildman–Crippen LogP) is 2.69. The fraction of sp³-hybridized carbons (Fsp3) is 0.484. The van der Waals surface area contributed by atoms with E-state index in [0.717, 1.165) is 24.8 Å². The normalized spacial score (nSPS) is 14.6. The van der Waals surface area contributed by atoms with E-state index in [9.17, 15) is 9.59 Å². The highest BCUT2D eigenvalue weighted by molar-refractivity contribution is 5.93. The molecule has 1 atom stereocenters. The molecule has 0 spiro atoms. The number of amides is 2. The van der Waals surface area contributed by atoms with Gasteiger partial charge in [0.25, 0.3) is 0 Å². The van der Waals surface area contributed by atoms with E-state index >= 15 is 0 Å². The van der Waals surface area contributed by atoms with Crippen molar-refractivity contribution in [2.45, 2.75) is 45.1 Å². The van der Waals surface area contributed by atoms with Crippen LogP contribution in [0, 0.1) is 11.8 Å². The Balaban J connectivity index is 1.31. The molecular formula is C31H42N10O3. The first kappa shape index (κ1) is 32.2. The highest BCUT2D eigenvalue weighted by Crippen LogP contribution is 2.26. The second-order valence-corrected chi connectivity index (χ2v) is 10.8. The molecule has 0 aromatic carbocycles. The number of nitrogens with zero attached hydrogens (tertiary/aromatic N) is 7. The number of aryl methyl sites for hydroxylation is 1. The van der Waals surface area contributed by atoms with Crippen LogP contribution in [0.1, 0.15) is 44.6 Å². The predicted molar refractivity (Wildman–Crippen MR) is 171 cm³/mol. The first-order chi connectivity index (χ1) is 21.3. The first-order valence-electron chi connectivity index (χ1n) is 14.9. The number of hydrogen-bond acceptors (Lipinski definition) is 10. The molecule has 13 heteroatoms. The Morgan fingerprint density at radius 1 is 1.23 bits per heavy atom. The lowest BCUT2D eigenvalue weighted by molar-refractivity contribution is -0.135. The number of carbonyl (C=O) groups excluding carboxylic acids is 2. The van der Waals surface area contributed by atoms with Gasteiger partial charge in [-0.05, 0) is 45.8 Å². The van der Waals surface area contributed by atoms with Crippen LogP contribution >= 0.6 is 0 Å². The summed E-state index contributed by atoms with van der Waals surface area (Å²) in [5.74, 6) is 7.67. The van der Waals surface area contributed by atoms with Gasteiger partial charge < -0.3 is 30.5 Å². The minimum atomic E-state index is -0.418. The van der Waals surface area contributed by atoms with E-state index in [4.69, 9.17) is 4.74 Å². The summed E-state index contributed by atoms with van der Waals surface area (Å²) in [5.41, 5.74) is 2.11. The van der Waals surface area contributed by atoms with Crippen LogP contribution in [-0.2, 0) is 16.6 Å². The molecule has 44 heavy (non-hydrogen) atoms. The third kappa shape index (κ3) is 8.44. The molecule has 13 nitrogen and oxygen atoms in total. The van der Waals surface area contributed by atoms with Crippen LogP contribution in [0.15, 0.2) is 30.6 Å². The van der Waals surface area contributed by atoms with Crippen LogP contribution in [0.3, 0.4) is 0 Å². The SMILES string of the molecule is CCCNc1nc(Nc2cnc3c(c2)c(OC)nn3C)ncc1C#CCCCNC(=O)[C@@H]1CCCN1C(=O)C=CCN(C)C. The monoisotopic (exact) mass is 602 g/mol. The number of likely N-dealkylation sites (N-methyl/N-ethyl adjacent to an activating group) is 1. The molecule has 4 heterocycles. The van der Waals surface area contributed by atoms with Crippen molar-refractivity contribution in [2.24, 2.45) is 7.05 Å². The molecule has 0 aliphatic carbocycles. The van der Waals surface area contributed by atoms with Gasteiger partial charge >= 0.3 is 0 Å². The summed E-state index contributed by atoms with van der Waals surface area (Å²) in [4.78, 5) is 42.6. The van der Waals surface area contributed by atoms with Gasteiger partial charge in [-0.15, -0.1) is 5.10 Å². The zero-order valence-corrected chi connectivity index (χ0v) is 26.2. The molecule has 1 saturated heterocycles. The number of likely N-dealkylation sites (tertiary alicyclic amines) is 1. The molecule has 0 radical (unpaired) electrons. The molecule has 3 N–H and O–H groups in total. The number of methoxy groups -OCH3 is 1. The highest BCUT2D eigenvalue weighted by atomic mass is 16.5. The average Bonchev–Trinajstić information content (AvgIpc) is 3.63. The van der Waals surface area contributed by atoms with Crippen LogP contribution < -0.4 is 20.7 Å². The van der Waals surface area contributed by atoms with E-state index in [1.54, 1.807) is 35.2 Å². The number of unbranched alkanes of at least 4 members (excludes halogenated alkanes) is 1. The molecular weight excluding hydrogens is 560 g/mol. The molecule has 0 bridgehead atoms. The Hall–Kier alpha value is -4.70. The number of nitrogens with one attached hydrogen (secondary N) is 3. The number of ether oxygens (including phenoxy) is 1. The van der Waals surface area contributed by atoms with Crippen LogP contribution in [0.5, 0.6) is 5.88 Å². The molecule has 4 rings (SSSR count). The number of anilines is 3. The average molecular weight is 603 g/mol. The van der Waals surface area contributed by atoms with Crippen molar-refractivity contribution < 1.29 is 14.3 Å². The quantitative estimate of drug-likeness (QED) is 0.152. The van der Waals surface area contributed by atoms with E-state index in [0.29, 0.717) is 73.4 Å². The molecule has 234 valence electrons. The molecule has 1 aliphatic rings. The smallest absolute Gasteiger partial charge is 0.246 e. The van der Waals surface area contributed by atoms with Gasteiger partial charge in [0, 0.05) is 45.7 Å². The second kappa shape index (κ2) is 15.7. The Morgan fingerprint density at radius 2 is 2.07 bits per heavy atom. The van der Waals surface area contributed by atoms with Crippen molar-refractivity contribution in [3.63, 3.8) is 0 Å². The molecule has 2 amide bonds. The number of pyridine rings is 1. The third-order valence-electron chi connectivity index (χ3n) is 7.00. The van der Waals surface area contributed by atoms with E-state index in [-0.39, 0.29) is 11.8 Å². The molecule has 0 unspecified atom stereocenters. The second-order valence-electron chi connectivity index (χ2n) is 10.8. The Morgan fingerprint density at radius 3 is 2.84 bits per heavy atom. The maximum absolute atomic E-state index is 12.8. The van der Waals surface area contributed by atoms with E-state index in [2.05, 4.69) is 54.8 Å². The lowest BCUT2D eigenvalue weighted by atomic mass is 10.2. The van der Waals surface area contributed by atoms with Gasteiger partial charge in [0.1, 0.15) is 11.9 Å². The summed E-state index contributed by atoms with van der Waals surface area (Å²) in [6.07, 6.45) is 10.5. The largest absolute Gasteiger partial charge is 0.479 e. The maximum Gasteiger partial charge on any atom is 0.246 e. The number of hydrogen-bond donors (Lipinski definition) is 3.